The first-order chi connectivity index (χ1) is 13.0. The molecule has 4 amide bonds. The van der Waals surface area contributed by atoms with E-state index in [1.165, 1.54) is 38.5 Å². The van der Waals surface area contributed by atoms with Crippen molar-refractivity contribution in [3.05, 3.63) is 59.4 Å². The summed E-state index contributed by atoms with van der Waals surface area (Å²) in [6.45, 7) is 0. The van der Waals surface area contributed by atoms with Crippen LogP contribution in [-0.2, 0) is 9.59 Å². The van der Waals surface area contributed by atoms with Crippen LogP contribution in [0.4, 0.5) is 14.9 Å². The van der Waals surface area contributed by atoms with Crippen LogP contribution < -0.4 is 19.7 Å². The van der Waals surface area contributed by atoms with Gasteiger partial charge in [0.25, 0.3) is 11.8 Å². The molecule has 0 unspecified atom stereocenters. The van der Waals surface area contributed by atoms with Gasteiger partial charge in [0.05, 0.1) is 19.9 Å². The van der Waals surface area contributed by atoms with Crippen LogP contribution in [0.5, 0.6) is 11.5 Å². The number of ether oxygens (including phenoxy) is 2. The maximum absolute atomic E-state index is 14.0. The zero-order valence-electron chi connectivity index (χ0n) is 14.5. The van der Waals surface area contributed by atoms with Crippen molar-refractivity contribution in [1.29, 1.82) is 0 Å². The summed E-state index contributed by atoms with van der Waals surface area (Å²) in [5.74, 6) is -1.68. The van der Waals surface area contributed by atoms with Crippen LogP contribution in [0.25, 0.3) is 6.08 Å². The number of nitrogens with one attached hydrogen (secondary N) is 1. The number of methoxy groups -OCH3 is 2. The topological polar surface area (TPSA) is 84.9 Å². The fraction of sp³-hybridized carbons (Fsp3) is 0.105. The summed E-state index contributed by atoms with van der Waals surface area (Å²) < 4.78 is 24.4. The highest BCUT2D eigenvalue weighted by Crippen LogP contribution is 2.29. The van der Waals surface area contributed by atoms with Gasteiger partial charge in [-0.25, -0.2) is 14.1 Å². The SMILES string of the molecule is COc1ccc(/C=C2\C(=O)NC(=O)N(c3ccccc3F)C2=O)cc1OC. The summed E-state index contributed by atoms with van der Waals surface area (Å²) in [6, 6.07) is 9.06. The predicted octanol–water partition coefficient (Wildman–Crippen LogP) is 2.51. The zero-order chi connectivity index (χ0) is 19.6. The molecule has 1 aliphatic rings. The molecule has 1 fully saturated rings. The van der Waals surface area contributed by atoms with Gasteiger partial charge >= 0.3 is 6.03 Å². The van der Waals surface area contributed by atoms with E-state index in [-0.39, 0.29) is 11.3 Å². The third-order valence-corrected chi connectivity index (χ3v) is 3.91. The molecular weight excluding hydrogens is 355 g/mol. The molecule has 3 rings (SSSR count). The van der Waals surface area contributed by atoms with Gasteiger partial charge in [-0.1, -0.05) is 18.2 Å². The molecule has 1 N–H and O–H groups in total. The first kappa shape index (κ1) is 18.1. The molecule has 8 heteroatoms. The van der Waals surface area contributed by atoms with Crippen molar-refractivity contribution in [2.24, 2.45) is 0 Å². The van der Waals surface area contributed by atoms with Crippen molar-refractivity contribution < 1.29 is 28.2 Å². The van der Waals surface area contributed by atoms with E-state index in [9.17, 15) is 18.8 Å². The monoisotopic (exact) mass is 370 g/mol. The van der Waals surface area contributed by atoms with Crippen LogP contribution >= 0.6 is 0 Å². The van der Waals surface area contributed by atoms with Crippen molar-refractivity contribution in [3.8, 4) is 11.5 Å². The van der Waals surface area contributed by atoms with Gasteiger partial charge in [0.15, 0.2) is 11.5 Å². The number of amides is 4. The average Bonchev–Trinajstić information content (AvgIpc) is 2.66. The van der Waals surface area contributed by atoms with Crippen molar-refractivity contribution in [1.82, 2.24) is 5.32 Å². The van der Waals surface area contributed by atoms with Crippen molar-refractivity contribution in [2.75, 3.05) is 19.1 Å². The number of rotatable bonds is 4. The van der Waals surface area contributed by atoms with E-state index in [0.29, 0.717) is 22.0 Å². The lowest BCUT2D eigenvalue weighted by atomic mass is 10.1. The number of barbiturate groups is 1. The molecule has 0 spiro atoms. The summed E-state index contributed by atoms with van der Waals surface area (Å²) in [4.78, 5) is 37.6. The average molecular weight is 370 g/mol. The number of carbonyl (C=O) groups is 3. The molecule has 1 aliphatic heterocycles. The Morgan fingerprint density at radius 2 is 1.70 bits per heavy atom. The predicted molar refractivity (Wildman–Crippen MR) is 94.9 cm³/mol. The fourth-order valence-corrected chi connectivity index (χ4v) is 2.62. The maximum atomic E-state index is 14.0. The Labute approximate surface area is 154 Å². The summed E-state index contributed by atoms with van der Waals surface area (Å²) in [5.41, 5.74) is -0.0928. The zero-order valence-corrected chi connectivity index (χ0v) is 14.5. The van der Waals surface area contributed by atoms with Gasteiger partial charge in [-0.15, -0.1) is 0 Å². The van der Waals surface area contributed by atoms with Gasteiger partial charge in [-0.2, -0.15) is 0 Å². The number of carbonyl (C=O) groups excluding carboxylic acids is 3. The second-order valence-electron chi connectivity index (χ2n) is 5.52. The highest BCUT2D eigenvalue weighted by atomic mass is 19.1. The van der Waals surface area contributed by atoms with Crippen LogP contribution in [0.1, 0.15) is 5.56 Å². The lowest BCUT2D eigenvalue weighted by molar-refractivity contribution is -0.122. The van der Waals surface area contributed by atoms with Gasteiger partial charge < -0.3 is 9.47 Å². The molecule has 2 aromatic carbocycles. The number of urea groups is 1. The van der Waals surface area contributed by atoms with Gasteiger partial charge in [0, 0.05) is 0 Å². The minimum Gasteiger partial charge on any atom is -0.493 e. The highest BCUT2D eigenvalue weighted by Gasteiger charge is 2.37. The summed E-state index contributed by atoms with van der Waals surface area (Å²) >= 11 is 0. The fourth-order valence-electron chi connectivity index (χ4n) is 2.62. The van der Waals surface area contributed by atoms with E-state index < -0.39 is 23.7 Å². The molecule has 1 heterocycles. The molecule has 0 aliphatic carbocycles. The highest BCUT2D eigenvalue weighted by molar-refractivity contribution is 6.39. The second-order valence-corrected chi connectivity index (χ2v) is 5.52. The minimum absolute atomic E-state index is 0.245. The van der Waals surface area contributed by atoms with Crippen LogP contribution in [0.2, 0.25) is 0 Å². The number of para-hydroxylation sites is 1. The van der Waals surface area contributed by atoms with Gasteiger partial charge in [-0.3, -0.25) is 14.9 Å². The van der Waals surface area contributed by atoms with Gasteiger partial charge in [0.1, 0.15) is 11.4 Å². The number of halogens is 1. The molecule has 138 valence electrons. The maximum Gasteiger partial charge on any atom is 0.336 e. The Hall–Kier alpha value is -3.68. The largest absolute Gasteiger partial charge is 0.493 e. The molecule has 0 aromatic heterocycles. The minimum atomic E-state index is -1.01. The molecule has 0 atom stereocenters. The Kier molecular flexibility index (Phi) is 4.89. The lowest BCUT2D eigenvalue weighted by Gasteiger charge is -2.26. The number of benzene rings is 2. The summed E-state index contributed by atoms with van der Waals surface area (Å²) in [5, 5.41) is 2.04. The molecule has 0 bridgehead atoms. The summed E-state index contributed by atoms with van der Waals surface area (Å²) in [7, 11) is 2.93. The van der Waals surface area contributed by atoms with Crippen molar-refractivity contribution in [2.45, 2.75) is 0 Å². The molecule has 2 aromatic rings. The van der Waals surface area contributed by atoms with Crippen molar-refractivity contribution in [3.63, 3.8) is 0 Å². The van der Waals surface area contributed by atoms with E-state index in [2.05, 4.69) is 0 Å². The smallest absolute Gasteiger partial charge is 0.336 e. The van der Waals surface area contributed by atoms with E-state index >= 15 is 0 Å². The quantitative estimate of drug-likeness (QED) is 0.660. The van der Waals surface area contributed by atoms with Crippen LogP contribution in [0, 0.1) is 5.82 Å². The molecule has 7 nitrogen and oxygen atoms in total. The standard InChI is InChI=1S/C19H15FN2O5/c1-26-15-8-7-11(10-16(15)27-2)9-12-17(23)21-19(25)22(18(12)24)14-6-4-3-5-13(14)20/h3-10H,1-2H3,(H,21,23,25)/b12-9+. The number of anilines is 1. The number of hydrogen-bond donors (Lipinski definition) is 1. The first-order valence-corrected chi connectivity index (χ1v) is 7.84. The molecule has 0 saturated carbocycles. The first-order valence-electron chi connectivity index (χ1n) is 7.84. The number of hydrogen-bond acceptors (Lipinski definition) is 5. The van der Waals surface area contributed by atoms with E-state index in [1.807, 2.05) is 5.32 Å². The van der Waals surface area contributed by atoms with Crippen LogP contribution in [-0.4, -0.2) is 32.1 Å². The third kappa shape index (κ3) is 3.37. The van der Waals surface area contributed by atoms with E-state index in [1.54, 1.807) is 18.2 Å². The number of nitrogens with zero attached hydrogens (tertiary/aromatic N) is 1. The van der Waals surface area contributed by atoms with E-state index in [4.69, 9.17) is 9.47 Å². The molecule has 0 radical (unpaired) electrons. The lowest BCUT2D eigenvalue weighted by Crippen LogP contribution is -2.54. The van der Waals surface area contributed by atoms with Crippen molar-refractivity contribution >= 4 is 29.6 Å². The Balaban J connectivity index is 2.03. The number of imide groups is 2. The van der Waals surface area contributed by atoms with E-state index in [0.717, 1.165) is 6.07 Å². The third-order valence-electron chi connectivity index (χ3n) is 3.91. The molecular formula is C19H15FN2O5. The molecule has 27 heavy (non-hydrogen) atoms. The Bertz CT molecular complexity index is 970. The van der Waals surface area contributed by atoms with Gasteiger partial charge in [-0.05, 0) is 35.9 Å². The Morgan fingerprint density at radius 1 is 1.00 bits per heavy atom. The summed E-state index contributed by atoms with van der Waals surface area (Å²) in [6.07, 6.45) is 1.29. The van der Waals surface area contributed by atoms with Crippen LogP contribution in [0.15, 0.2) is 48.0 Å². The molecule has 1 saturated heterocycles. The second kappa shape index (κ2) is 7.28. The normalized spacial score (nSPS) is 15.7. The Morgan fingerprint density at radius 3 is 2.37 bits per heavy atom. The van der Waals surface area contributed by atoms with Gasteiger partial charge in [0.2, 0.25) is 0 Å². The van der Waals surface area contributed by atoms with Crippen LogP contribution in [0.3, 0.4) is 0 Å².